The van der Waals surface area contributed by atoms with Crippen LogP contribution in [0.5, 0.6) is 0 Å². The largest absolute Gasteiger partial charge is 0.459 e. The summed E-state index contributed by atoms with van der Waals surface area (Å²) in [5.74, 6) is 0.922. The number of hydrogen-bond donors (Lipinski definition) is 0. The van der Waals surface area contributed by atoms with Crippen LogP contribution >= 0.6 is 11.6 Å². The molecule has 0 spiro atoms. The molecule has 0 saturated carbocycles. The zero-order valence-corrected chi connectivity index (χ0v) is 15.3. The van der Waals surface area contributed by atoms with Gasteiger partial charge in [0, 0.05) is 23.9 Å². The number of halogens is 1. The first-order chi connectivity index (χ1) is 11.2. The van der Waals surface area contributed by atoms with Gasteiger partial charge in [-0.15, -0.1) is 0 Å². The molecule has 2 aromatic heterocycles. The van der Waals surface area contributed by atoms with E-state index in [0.717, 1.165) is 29.6 Å². The number of ether oxygens (including phenoxy) is 1. The molecule has 2 aromatic rings. The highest BCUT2D eigenvalue weighted by atomic mass is 35.5. The summed E-state index contributed by atoms with van der Waals surface area (Å²) in [6, 6.07) is 3.84. The molecular weight excluding hydrogens is 328 g/mol. The second kappa shape index (κ2) is 5.96. The number of hydrogen-bond acceptors (Lipinski definition) is 4. The third kappa shape index (κ3) is 3.51. The molecule has 3 heterocycles. The minimum atomic E-state index is -0.469. The standard InChI is InChI=1S/C18H23ClN2O3/c1-17(2,3)24-16(22)21-7-5-18(4,6-8-21)14-9-12-10-15(19)20-11-13(12)23-14/h9-11H,5-8H2,1-4H3. The number of piperidine rings is 1. The van der Waals surface area contributed by atoms with Crippen molar-refractivity contribution in [2.24, 2.45) is 0 Å². The Kier molecular flexibility index (Phi) is 4.24. The molecule has 1 aliphatic rings. The van der Waals surface area contributed by atoms with Gasteiger partial charge in [-0.25, -0.2) is 9.78 Å². The van der Waals surface area contributed by atoms with Crippen LogP contribution in [0.15, 0.2) is 22.7 Å². The SMILES string of the molecule is CC(C)(C)OC(=O)N1CCC(C)(c2cc3cc(Cl)ncc3o2)CC1. The fourth-order valence-electron chi connectivity index (χ4n) is 2.97. The van der Waals surface area contributed by atoms with Gasteiger partial charge in [0.25, 0.3) is 0 Å². The summed E-state index contributed by atoms with van der Waals surface area (Å²) in [7, 11) is 0. The Morgan fingerprint density at radius 2 is 2.00 bits per heavy atom. The third-order valence-electron chi connectivity index (χ3n) is 4.48. The number of pyridine rings is 1. The lowest BCUT2D eigenvalue weighted by Crippen LogP contribution is -2.45. The molecule has 0 unspecified atom stereocenters. The summed E-state index contributed by atoms with van der Waals surface area (Å²) in [5.41, 5.74) is 0.164. The lowest BCUT2D eigenvalue weighted by Gasteiger charge is -2.38. The molecule has 0 atom stereocenters. The molecule has 24 heavy (non-hydrogen) atoms. The molecule has 3 rings (SSSR count). The fourth-order valence-corrected chi connectivity index (χ4v) is 3.14. The number of furan rings is 1. The van der Waals surface area contributed by atoms with Crippen molar-refractivity contribution in [1.29, 1.82) is 0 Å². The highest BCUT2D eigenvalue weighted by Crippen LogP contribution is 2.38. The Hall–Kier alpha value is -1.75. The first-order valence-corrected chi connectivity index (χ1v) is 8.58. The van der Waals surface area contributed by atoms with Crippen LogP contribution in [0.1, 0.15) is 46.3 Å². The van der Waals surface area contributed by atoms with Crippen LogP contribution in [0.2, 0.25) is 5.15 Å². The van der Waals surface area contributed by atoms with E-state index in [2.05, 4.69) is 11.9 Å². The predicted molar refractivity (Wildman–Crippen MR) is 93.4 cm³/mol. The molecule has 1 amide bonds. The lowest BCUT2D eigenvalue weighted by atomic mass is 9.78. The molecule has 0 N–H and O–H groups in total. The normalized spacial score (nSPS) is 18.0. The summed E-state index contributed by atoms with van der Waals surface area (Å²) in [5, 5.41) is 1.42. The van der Waals surface area contributed by atoms with Crippen molar-refractivity contribution in [3.63, 3.8) is 0 Å². The summed E-state index contributed by atoms with van der Waals surface area (Å²) in [6.45, 7) is 9.13. The van der Waals surface area contributed by atoms with E-state index in [0.29, 0.717) is 18.2 Å². The van der Waals surface area contributed by atoms with E-state index in [4.69, 9.17) is 20.8 Å². The monoisotopic (exact) mass is 350 g/mol. The minimum absolute atomic E-state index is 0.107. The number of fused-ring (bicyclic) bond motifs is 1. The van der Waals surface area contributed by atoms with E-state index in [-0.39, 0.29) is 11.5 Å². The Labute approximate surface area is 146 Å². The van der Waals surface area contributed by atoms with Gasteiger partial charge in [0.15, 0.2) is 5.58 Å². The van der Waals surface area contributed by atoms with Gasteiger partial charge in [-0.05, 0) is 45.7 Å². The molecule has 130 valence electrons. The average Bonchev–Trinajstić information content (AvgIpc) is 2.90. The summed E-state index contributed by atoms with van der Waals surface area (Å²) < 4.78 is 11.4. The molecule has 0 radical (unpaired) electrons. The van der Waals surface area contributed by atoms with Gasteiger partial charge in [0.1, 0.15) is 16.5 Å². The van der Waals surface area contributed by atoms with Gasteiger partial charge < -0.3 is 14.1 Å². The zero-order chi connectivity index (χ0) is 17.5. The van der Waals surface area contributed by atoms with Crippen molar-refractivity contribution in [3.05, 3.63) is 29.2 Å². The molecule has 6 heteroatoms. The number of likely N-dealkylation sites (tertiary alicyclic amines) is 1. The lowest BCUT2D eigenvalue weighted by molar-refractivity contribution is 0.0162. The van der Waals surface area contributed by atoms with Crippen molar-refractivity contribution in [2.75, 3.05) is 13.1 Å². The number of aromatic nitrogens is 1. The summed E-state index contributed by atoms with van der Waals surface area (Å²) >= 11 is 5.94. The van der Waals surface area contributed by atoms with E-state index in [1.165, 1.54) is 0 Å². The van der Waals surface area contributed by atoms with E-state index < -0.39 is 5.60 Å². The first-order valence-electron chi connectivity index (χ1n) is 8.20. The molecule has 0 aromatic carbocycles. The molecule has 5 nitrogen and oxygen atoms in total. The van der Waals surface area contributed by atoms with Crippen LogP contribution in [0, 0.1) is 0 Å². The molecule has 1 saturated heterocycles. The maximum atomic E-state index is 12.2. The van der Waals surface area contributed by atoms with Crippen molar-refractivity contribution in [2.45, 2.75) is 51.6 Å². The third-order valence-corrected chi connectivity index (χ3v) is 4.69. The van der Waals surface area contributed by atoms with Crippen molar-refractivity contribution < 1.29 is 13.9 Å². The van der Waals surface area contributed by atoms with Gasteiger partial charge in [-0.2, -0.15) is 0 Å². The van der Waals surface area contributed by atoms with Crippen LogP contribution in [0.25, 0.3) is 11.0 Å². The highest BCUT2D eigenvalue weighted by molar-refractivity contribution is 6.30. The Balaban J connectivity index is 1.72. The Bertz CT molecular complexity index is 755. The summed E-state index contributed by atoms with van der Waals surface area (Å²) in [4.78, 5) is 18.0. The average molecular weight is 351 g/mol. The fraction of sp³-hybridized carbons (Fsp3) is 0.556. The zero-order valence-electron chi connectivity index (χ0n) is 14.6. The first kappa shape index (κ1) is 17.1. The van der Waals surface area contributed by atoms with Crippen LogP contribution in [0.4, 0.5) is 4.79 Å². The second-order valence-electron chi connectivity index (χ2n) is 7.68. The minimum Gasteiger partial charge on any atom is -0.459 e. The number of carbonyl (C=O) groups excluding carboxylic acids is 1. The number of amides is 1. The van der Waals surface area contributed by atoms with Gasteiger partial charge in [-0.1, -0.05) is 18.5 Å². The second-order valence-corrected chi connectivity index (χ2v) is 8.07. The van der Waals surface area contributed by atoms with Gasteiger partial charge in [0.2, 0.25) is 0 Å². The van der Waals surface area contributed by atoms with Crippen LogP contribution in [-0.4, -0.2) is 34.7 Å². The smallest absolute Gasteiger partial charge is 0.410 e. The van der Waals surface area contributed by atoms with Crippen LogP contribution < -0.4 is 0 Å². The van der Waals surface area contributed by atoms with E-state index >= 15 is 0 Å². The van der Waals surface area contributed by atoms with Crippen LogP contribution in [0.3, 0.4) is 0 Å². The molecule has 1 aliphatic heterocycles. The van der Waals surface area contributed by atoms with E-state index in [1.54, 1.807) is 11.1 Å². The number of nitrogens with zero attached hydrogens (tertiary/aromatic N) is 2. The predicted octanol–water partition coefficient (Wildman–Crippen LogP) is 4.77. The van der Waals surface area contributed by atoms with Gasteiger partial charge in [-0.3, -0.25) is 0 Å². The van der Waals surface area contributed by atoms with Crippen LogP contribution in [-0.2, 0) is 10.2 Å². The quantitative estimate of drug-likeness (QED) is 0.695. The maximum Gasteiger partial charge on any atom is 0.410 e. The number of rotatable bonds is 1. The molecule has 0 aliphatic carbocycles. The van der Waals surface area contributed by atoms with Crippen molar-refractivity contribution in [1.82, 2.24) is 9.88 Å². The number of carbonyl (C=O) groups is 1. The van der Waals surface area contributed by atoms with Crippen molar-refractivity contribution >= 4 is 28.7 Å². The van der Waals surface area contributed by atoms with Gasteiger partial charge >= 0.3 is 6.09 Å². The Morgan fingerprint density at radius 3 is 2.62 bits per heavy atom. The van der Waals surface area contributed by atoms with Gasteiger partial charge in [0.05, 0.1) is 6.20 Å². The molecular formula is C18H23ClN2O3. The van der Waals surface area contributed by atoms with E-state index in [9.17, 15) is 4.79 Å². The van der Waals surface area contributed by atoms with Crippen molar-refractivity contribution in [3.8, 4) is 0 Å². The van der Waals surface area contributed by atoms with E-state index in [1.807, 2.05) is 32.9 Å². The Morgan fingerprint density at radius 1 is 1.33 bits per heavy atom. The topological polar surface area (TPSA) is 55.6 Å². The summed E-state index contributed by atoms with van der Waals surface area (Å²) in [6.07, 6.45) is 3.06. The maximum absolute atomic E-state index is 12.2. The molecule has 1 fully saturated rings. The highest BCUT2D eigenvalue weighted by Gasteiger charge is 2.37. The molecule has 0 bridgehead atoms.